The molecule has 0 aromatic heterocycles. The molecule has 0 radical (unpaired) electrons. The predicted molar refractivity (Wildman–Crippen MR) is 58.5 cm³/mol. The normalized spacial score (nSPS) is 10.1. The van der Waals surface area contributed by atoms with Gasteiger partial charge in [-0.05, 0) is 24.1 Å². The predicted octanol–water partition coefficient (Wildman–Crippen LogP) is 3.35. The van der Waals surface area contributed by atoms with Crippen molar-refractivity contribution < 1.29 is 9.90 Å². The summed E-state index contributed by atoms with van der Waals surface area (Å²) < 4.78 is 0.826. The molecule has 0 atom stereocenters. The molecule has 13 heavy (non-hydrogen) atoms. The number of carbonyl (C=O) groups is 1. The van der Waals surface area contributed by atoms with Gasteiger partial charge in [0.15, 0.2) is 0 Å². The summed E-state index contributed by atoms with van der Waals surface area (Å²) in [7, 11) is 0. The molecule has 0 heterocycles. The second-order valence-corrected chi connectivity index (χ2v) is 4.07. The van der Waals surface area contributed by atoms with E-state index in [1.165, 1.54) is 0 Å². The van der Waals surface area contributed by atoms with E-state index in [0.29, 0.717) is 10.9 Å². The Labute approximate surface area is 93.2 Å². The Balaban J connectivity index is 3.43. The Bertz CT molecular complexity index is 348. The van der Waals surface area contributed by atoms with Crippen molar-refractivity contribution in [2.24, 2.45) is 0 Å². The fourth-order valence-corrected chi connectivity index (χ4v) is 2.60. The van der Waals surface area contributed by atoms with Crippen molar-refractivity contribution in [1.29, 1.82) is 0 Å². The van der Waals surface area contributed by atoms with Crippen LogP contribution in [0.1, 0.15) is 21.5 Å². The van der Waals surface area contributed by atoms with Crippen LogP contribution in [0.4, 0.5) is 0 Å². The Morgan fingerprint density at radius 1 is 1.54 bits per heavy atom. The van der Waals surface area contributed by atoms with Gasteiger partial charge in [-0.2, -0.15) is 0 Å². The van der Waals surface area contributed by atoms with E-state index in [9.17, 15) is 4.79 Å². The summed E-state index contributed by atoms with van der Waals surface area (Å²) in [6.45, 7) is 1.79. The highest BCUT2D eigenvalue weighted by atomic mass is 79.9. The van der Waals surface area contributed by atoms with E-state index in [1.54, 1.807) is 13.0 Å². The molecule has 4 heteroatoms. The summed E-state index contributed by atoms with van der Waals surface area (Å²) in [4.78, 5) is 10.9. The van der Waals surface area contributed by atoms with Crippen molar-refractivity contribution in [3.05, 3.63) is 33.3 Å². The topological polar surface area (TPSA) is 37.3 Å². The molecule has 0 unspecified atom stereocenters. The monoisotopic (exact) mass is 306 g/mol. The zero-order valence-corrected chi connectivity index (χ0v) is 10.1. The van der Waals surface area contributed by atoms with Crippen molar-refractivity contribution in [3.63, 3.8) is 0 Å². The fourth-order valence-electron chi connectivity index (χ4n) is 1.17. The van der Waals surface area contributed by atoms with Gasteiger partial charge in [-0.1, -0.05) is 37.9 Å². The van der Waals surface area contributed by atoms with Crippen molar-refractivity contribution in [3.8, 4) is 0 Å². The Hall–Kier alpha value is -0.350. The lowest BCUT2D eigenvalue weighted by atomic mass is 10.0. The molecular weight excluding hydrogens is 300 g/mol. The van der Waals surface area contributed by atoms with Gasteiger partial charge in [0.1, 0.15) is 0 Å². The summed E-state index contributed by atoms with van der Waals surface area (Å²) in [5.41, 5.74) is 1.95. The minimum absolute atomic E-state index is 0.381. The Morgan fingerprint density at radius 2 is 2.15 bits per heavy atom. The highest BCUT2D eigenvalue weighted by Crippen LogP contribution is 2.25. The maximum absolute atomic E-state index is 10.9. The van der Waals surface area contributed by atoms with E-state index in [2.05, 4.69) is 31.9 Å². The smallest absolute Gasteiger partial charge is 0.336 e. The van der Waals surface area contributed by atoms with Crippen molar-refractivity contribution in [1.82, 2.24) is 0 Å². The maximum atomic E-state index is 10.9. The number of benzene rings is 1. The molecule has 1 aromatic carbocycles. The number of carboxylic acid groups (broad SMARTS) is 1. The van der Waals surface area contributed by atoms with Gasteiger partial charge in [0.05, 0.1) is 5.56 Å². The number of carboxylic acids is 1. The third-order valence-electron chi connectivity index (χ3n) is 1.81. The standard InChI is InChI=1S/C9H8Br2O2/c1-5-2-3-7(11)6(4-10)8(5)9(12)13/h2-3H,4H2,1H3,(H,12,13). The fraction of sp³-hybridized carbons (Fsp3) is 0.222. The van der Waals surface area contributed by atoms with Gasteiger partial charge in [-0.3, -0.25) is 0 Å². The zero-order valence-electron chi connectivity index (χ0n) is 6.97. The average Bonchev–Trinajstić information content (AvgIpc) is 2.07. The van der Waals surface area contributed by atoms with Crippen LogP contribution in [0.3, 0.4) is 0 Å². The molecule has 2 nitrogen and oxygen atoms in total. The highest BCUT2D eigenvalue weighted by molar-refractivity contribution is 9.10. The second kappa shape index (κ2) is 4.24. The molecule has 1 rings (SSSR count). The van der Waals surface area contributed by atoms with Gasteiger partial charge >= 0.3 is 5.97 Å². The van der Waals surface area contributed by atoms with Crippen molar-refractivity contribution in [2.45, 2.75) is 12.3 Å². The van der Waals surface area contributed by atoms with Gasteiger partial charge in [0.25, 0.3) is 0 Å². The quantitative estimate of drug-likeness (QED) is 0.851. The van der Waals surface area contributed by atoms with Crippen LogP contribution >= 0.6 is 31.9 Å². The first-order chi connectivity index (χ1) is 6.07. The number of halogens is 2. The summed E-state index contributed by atoms with van der Waals surface area (Å²) in [6.07, 6.45) is 0. The average molecular weight is 308 g/mol. The molecule has 0 aliphatic carbocycles. The molecule has 0 saturated carbocycles. The SMILES string of the molecule is Cc1ccc(Br)c(CBr)c1C(=O)O. The summed E-state index contributed by atoms with van der Waals surface area (Å²) >= 11 is 6.58. The number of aryl methyl sites for hydroxylation is 1. The van der Waals surface area contributed by atoms with Crippen LogP contribution in [0.25, 0.3) is 0 Å². The third-order valence-corrected chi connectivity index (χ3v) is 3.12. The van der Waals surface area contributed by atoms with Crippen molar-refractivity contribution >= 4 is 37.8 Å². The van der Waals surface area contributed by atoms with E-state index >= 15 is 0 Å². The summed E-state index contributed by atoms with van der Waals surface area (Å²) in [5, 5.41) is 9.50. The Morgan fingerprint density at radius 3 is 2.54 bits per heavy atom. The number of hydrogen-bond donors (Lipinski definition) is 1. The van der Waals surface area contributed by atoms with E-state index in [0.717, 1.165) is 15.6 Å². The first-order valence-corrected chi connectivity index (χ1v) is 5.56. The number of hydrogen-bond acceptors (Lipinski definition) is 1. The Kier molecular flexibility index (Phi) is 3.50. The van der Waals surface area contributed by atoms with E-state index < -0.39 is 5.97 Å². The maximum Gasteiger partial charge on any atom is 0.336 e. The summed E-state index contributed by atoms with van der Waals surface area (Å²) in [6, 6.07) is 3.65. The molecule has 70 valence electrons. The van der Waals surface area contributed by atoms with Crippen LogP contribution in [-0.4, -0.2) is 11.1 Å². The third kappa shape index (κ3) is 2.11. The second-order valence-electron chi connectivity index (χ2n) is 2.66. The lowest BCUT2D eigenvalue weighted by molar-refractivity contribution is 0.0695. The largest absolute Gasteiger partial charge is 0.478 e. The van der Waals surface area contributed by atoms with Crippen LogP contribution in [0.15, 0.2) is 16.6 Å². The molecule has 0 spiro atoms. The number of rotatable bonds is 2. The van der Waals surface area contributed by atoms with Crippen molar-refractivity contribution in [2.75, 3.05) is 0 Å². The first kappa shape index (κ1) is 10.7. The van der Waals surface area contributed by atoms with E-state index in [-0.39, 0.29) is 0 Å². The van der Waals surface area contributed by atoms with Gasteiger partial charge in [0, 0.05) is 9.80 Å². The van der Waals surface area contributed by atoms with E-state index in [4.69, 9.17) is 5.11 Å². The molecule has 0 fully saturated rings. The lowest BCUT2D eigenvalue weighted by Gasteiger charge is -2.08. The van der Waals surface area contributed by atoms with E-state index in [1.807, 2.05) is 6.07 Å². The van der Waals surface area contributed by atoms with Gasteiger partial charge < -0.3 is 5.11 Å². The van der Waals surface area contributed by atoms with Crippen LogP contribution in [0.2, 0.25) is 0 Å². The zero-order chi connectivity index (χ0) is 10.0. The van der Waals surface area contributed by atoms with Crippen LogP contribution in [0, 0.1) is 6.92 Å². The van der Waals surface area contributed by atoms with Crippen LogP contribution < -0.4 is 0 Å². The molecule has 1 N–H and O–H groups in total. The highest BCUT2D eigenvalue weighted by Gasteiger charge is 2.14. The lowest BCUT2D eigenvalue weighted by Crippen LogP contribution is -2.04. The first-order valence-electron chi connectivity index (χ1n) is 3.65. The van der Waals surface area contributed by atoms with Gasteiger partial charge in [-0.15, -0.1) is 0 Å². The minimum Gasteiger partial charge on any atom is -0.478 e. The number of aromatic carboxylic acids is 1. The molecule has 0 bridgehead atoms. The van der Waals surface area contributed by atoms with Crippen LogP contribution in [0.5, 0.6) is 0 Å². The molecule has 0 amide bonds. The number of alkyl halides is 1. The molecule has 0 aliphatic rings. The van der Waals surface area contributed by atoms with Crippen LogP contribution in [-0.2, 0) is 5.33 Å². The minimum atomic E-state index is -0.881. The molecular formula is C9H8Br2O2. The van der Waals surface area contributed by atoms with Gasteiger partial charge in [0.2, 0.25) is 0 Å². The molecule has 1 aromatic rings. The van der Waals surface area contributed by atoms with Gasteiger partial charge in [-0.25, -0.2) is 4.79 Å². The molecule has 0 saturated heterocycles. The summed E-state index contributed by atoms with van der Waals surface area (Å²) in [5.74, 6) is -0.881. The molecule has 0 aliphatic heterocycles.